The van der Waals surface area contributed by atoms with E-state index in [-0.39, 0.29) is 0 Å². The number of hydrogen-bond donors (Lipinski definition) is 1. The highest BCUT2D eigenvalue weighted by atomic mass is 16.3. The van der Waals surface area contributed by atoms with Gasteiger partial charge in [-0.05, 0) is 32.1 Å². The number of rotatable bonds is 4. The summed E-state index contributed by atoms with van der Waals surface area (Å²) in [6, 6.07) is 0.731. The molecule has 0 spiro atoms. The van der Waals surface area contributed by atoms with Gasteiger partial charge in [-0.3, -0.25) is 0 Å². The molecular formula is C11H23NO. The molecule has 0 saturated carbocycles. The Bertz CT molecular complexity index is 138. The summed E-state index contributed by atoms with van der Waals surface area (Å²) in [6.45, 7) is 7.25. The third kappa shape index (κ3) is 3.28. The van der Waals surface area contributed by atoms with Gasteiger partial charge in [0.1, 0.15) is 0 Å². The Morgan fingerprint density at radius 1 is 1.38 bits per heavy atom. The highest BCUT2D eigenvalue weighted by molar-refractivity contribution is 4.77. The molecule has 0 amide bonds. The van der Waals surface area contributed by atoms with Crippen molar-refractivity contribution in [2.24, 2.45) is 5.92 Å². The molecule has 2 heteroatoms. The van der Waals surface area contributed by atoms with E-state index in [1.807, 2.05) is 0 Å². The minimum Gasteiger partial charge on any atom is -0.396 e. The van der Waals surface area contributed by atoms with Crippen molar-refractivity contribution in [3.63, 3.8) is 0 Å². The number of aliphatic hydroxyl groups is 1. The average Bonchev–Trinajstić information content (AvgIpc) is 2.17. The van der Waals surface area contributed by atoms with Crippen LogP contribution in [0.25, 0.3) is 0 Å². The van der Waals surface area contributed by atoms with Gasteiger partial charge >= 0.3 is 0 Å². The molecule has 1 N–H and O–H groups in total. The van der Waals surface area contributed by atoms with Gasteiger partial charge in [-0.2, -0.15) is 0 Å². The van der Waals surface area contributed by atoms with E-state index in [4.69, 9.17) is 5.11 Å². The van der Waals surface area contributed by atoms with E-state index in [2.05, 4.69) is 18.7 Å². The Balaban J connectivity index is 2.31. The van der Waals surface area contributed by atoms with E-state index in [9.17, 15) is 0 Å². The van der Waals surface area contributed by atoms with Crippen LogP contribution in [0.3, 0.4) is 0 Å². The number of aliphatic hydroxyl groups excluding tert-OH is 1. The number of nitrogens with zero attached hydrogens (tertiary/aromatic N) is 1. The molecule has 1 aliphatic heterocycles. The SMILES string of the molecule is CCC1CCC(C)N(CCCO)C1. The second-order valence-corrected chi connectivity index (χ2v) is 4.27. The minimum absolute atomic E-state index is 0.333. The average molecular weight is 185 g/mol. The molecule has 0 aromatic rings. The highest BCUT2D eigenvalue weighted by Crippen LogP contribution is 2.23. The monoisotopic (exact) mass is 185 g/mol. The second kappa shape index (κ2) is 5.61. The quantitative estimate of drug-likeness (QED) is 0.723. The van der Waals surface area contributed by atoms with Crippen LogP contribution in [0.1, 0.15) is 39.5 Å². The topological polar surface area (TPSA) is 23.5 Å². The summed E-state index contributed by atoms with van der Waals surface area (Å²) < 4.78 is 0. The summed E-state index contributed by atoms with van der Waals surface area (Å²) in [5, 5.41) is 8.78. The zero-order chi connectivity index (χ0) is 9.68. The Morgan fingerprint density at radius 2 is 2.15 bits per heavy atom. The molecule has 0 aliphatic carbocycles. The van der Waals surface area contributed by atoms with Crippen molar-refractivity contribution < 1.29 is 5.11 Å². The van der Waals surface area contributed by atoms with Crippen molar-refractivity contribution in [1.82, 2.24) is 4.90 Å². The van der Waals surface area contributed by atoms with Gasteiger partial charge in [0.15, 0.2) is 0 Å². The van der Waals surface area contributed by atoms with Gasteiger partial charge in [-0.15, -0.1) is 0 Å². The highest BCUT2D eigenvalue weighted by Gasteiger charge is 2.23. The van der Waals surface area contributed by atoms with Crippen LogP contribution in [-0.4, -0.2) is 35.7 Å². The summed E-state index contributed by atoms with van der Waals surface area (Å²) in [7, 11) is 0. The normalized spacial score (nSPS) is 30.7. The van der Waals surface area contributed by atoms with Gasteiger partial charge in [0, 0.05) is 25.7 Å². The van der Waals surface area contributed by atoms with Gasteiger partial charge in [-0.25, -0.2) is 0 Å². The summed E-state index contributed by atoms with van der Waals surface area (Å²) in [4.78, 5) is 2.54. The van der Waals surface area contributed by atoms with Gasteiger partial charge in [-0.1, -0.05) is 13.3 Å². The molecular weight excluding hydrogens is 162 g/mol. The molecule has 1 aliphatic rings. The summed E-state index contributed by atoms with van der Waals surface area (Å²) in [5.41, 5.74) is 0. The lowest BCUT2D eigenvalue weighted by Gasteiger charge is -2.37. The third-order valence-corrected chi connectivity index (χ3v) is 3.29. The number of likely N-dealkylation sites (tertiary alicyclic amines) is 1. The van der Waals surface area contributed by atoms with Gasteiger partial charge < -0.3 is 10.0 Å². The molecule has 0 bridgehead atoms. The molecule has 78 valence electrons. The van der Waals surface area contributed by atoms with Crippen LogP contribution in [0.15, 0.2) is 0 Å². The molecule has 0 aromatic carbocycles. The fourth-order valence-corrected chi connectivity index (χ4v) is 2.18. The van der Waals surface area contributed by atoms with Crippen LogP contribution in [0.4, 0.5) is 0 Å². The molecule has 2 unspecified atom stereocenters. The first-order valence-corrected chi connectivity index (χ1v) is 5.62. The molecule has 2 nitrogen and oxygen atoms in total. The van der Waals surface area contributed by atoms with Crippen molar-refractivity contribution in [1.29, 1.82) is 0 Å². The fraction of sp³-hybridized carbons (Fsp3) is 1.00. The number of piperidine rings is 1. The maximum Gasteiger partial charge on any atom is 0.0443 e. The predicted molar refractivity (Wildman–Crippen MR) is 55.8 cm³/mol. The lowest BCUT2D eigenvalue weighted by molar-refractivity contribution is 0.107. The molecule has 1 saturated heterocycles. The second-order valence-electron chi connectivity index (χ2n) is 4.27. The molecule has 0 radical (unpaired) electrons. The molecule has 13 heavy (non-hydrogen) atoms. The van der Waals surface area contributed by atoms with E-state index in [0.717, 1.165) is 24.9 Å². The lowest BCUT2D eigenvalue weighted by atomic mass is 9.91. The Hall–Kier alpha value is -0.0800. The smallest absolute Gasteiger partial charge is 0.0443 e. The van der Waals surface area contributed by atoms with Crippen LogP contribution < -0.4 is 0 Å². The first-order valence-electron chi connectivity index (χ1n) is 5.62. The number of hydrogen-bond acceptors (Lipinski definition) is 2. The Kier molecular flexibility index (Phi) is 4.74. The largest absolute Gasteiger partial charge is 0.396 e. The Labute approximate surface area is 81.9 Å². The van der Waals surface area contributed by atoms with Crippen molar-refractivity contribution in [2.45, 2.75) is 45.6 Å². The lowest BCUT2D eigenvalue weighted by Crippen LogP contribution is -2.42. The van der Waals surface area contributed by atoms with Crippen molar-refractivity contribution in [3.8, 4) is 0 Å². The molecule has 1 rings (SSSR count). The molecule has 0 aromatic heterocycles. The van der Waals surface area contributed by atoms with Crippen LogP contribution in [-0.2, 0) is 0 Å². The standard InChI is InChI=1S/C11H23NO/c1-3-11-6-5-10(2)12(9-11)7-4-8-13/h10-11,13H,3-9H2,1-2H3. The van der Waals surface area contributed by atoms with Crippen LogP contribution >= 0.6 is 0 Å². The van der Waals surface area contributed by atoms with E-state index in [1.165, 1.54) is 25.8 Å². The van der Waals surface area contributed by atoms with Crippen LogP contribution in [0.2, 0.25) is 0 Å². The van der Waals surface area contributed by atoms with Gasteiger partial charge in [0.05, 0.1) is 0 Å². The summed E-state index contributed by atoms with van der Waals surface area (Å²) >= 11 is 0. The van der Waals surface area contributed by atoms with Gasteiger partial charge in [0.2, 0.25) is 0 Å². The van der Waals surface area contributed by atoms with Crippen molar-refractivity contribution in [2.75, 3.05) is 19.7 Å². The minimum atomic E-state index is 0.333. The summed E-state index contributed by atoms with van der Waals surface area (Å²) in [6.07, 6.45) is 4.97. The summed E-state index contributed by atoms with van der Waals surface area (Å²) in [5.74, 6) is 0.898. The Morgan fingerprint density at radius 3 is 2.77 bits per heavy atom. The van der Waals surface area contributed by atoms with Gasteiger partial charge in [0.25, 0.3) is 0 Å². The molecule has 1 fully saturated rings. The van der Waals surface area contributed by atoms with Crippen molar-refractivity contribution >= 4 is 0 Å². The van der Waals surface area contributed by atoms with E-state index < -0.39 is 0 Å². The third-order valence-electron chi connectivity index (χ3n) is 3.29. The molecule has 1 heterocycles. The zero-order valence-electron chi connectivity index (χ0n) is 9.00. The zero-order valence-corrected chi connectivity index (χ0v) is 9.00. The van der Waals surface area contributed by atoms with Crippen molar-refractivity contribution in [3.05, 3.63) is 0 Å². The molecule has 2 atom stereocenters. The fourth-order valence-electron chi connectivity index (χ4n) is 2.18. The van der Waals surface area contributed by atoms with E-state index in [1.54, 1.807) is 0 Å². The predicted octanol–water partition coefficient (Wildman–Crippen LogP) is 1.88. The maximum absolute atomic E-state index is 8.78. The first kappa shape index (κ1) is 11.0. The first-order chi connectivity index (χ1) is 6.27. The van der Waals surface area contributed by atoms with Crippen LogP contribution in [0, 0.1) is 5.92 Å². The van der Waals surface area contributed by atoms with Crippen LogP contribution in [0.5, 0.6) is 0 Å². The van der Waals surface area contributed by atoms with E-state index in [0.29, 0.717) is 6.61 Å². The van der Waals surface area contributed by atoms with E-state index >= 15 is 0 Å². The maximum atomic E-state index is 8.78.